The predicted molar refractivity (Wildman–Crippen MR) is 116 cm³/mol. The summed E-state index contributed by atoms with van der Waals surface area (Å²) >= 11 is 1.41. The van der Waals surface area contributed by atoms with E-state index in [2.05, 4.69) is 52.5 Å². The van der Waals surface area contributed by atoms with E-state index in [-0.39, 0.29) is 23.6 Å². The Balaban J connectivity index is 1.42. The first-order valence-corrected chi connectivity index (χ1v) is 11.3. The van der Waals surface area contributed by atoms with Crippen LogP contribution in [0.15, 0.2) is 40.3 Å². The van der Waals surface area contributed by atoms with Crippen molar-refractivity contribution in [3.63, 3.8) is 0 Å². The van der Waals surface area contributed by atoms with Gasteiger partial charge in [-0.3, -0.25) is 9.36 Å². The molecule has 1 fully saturated rings. The molecule has 0 spiro atoms. The number of imidazole rings is 1. The molecule has 158 valence electrons. The Morgan fingerprint density at radius 3 is 2.87 bits per heavy atom. The van der Waals surface area contributed by atoms with Gasteiger partial charge in [0.05, 0.1) is 11.4 Å². The molecule has 1 saturated carbocycles. The molecule has 4 rings (SSSR count). The van der Waals surface area contributed by atoms with Crippen LogP contribution in [0.5, 0.6) is 0 Å². The third-order valence-corrected chi connectivity index (χ3v) is 6.18. The van der Waals surface area contributed by atoms with Crippen molar-refractivity contribution in [3.05, 3.63) is 53.4 Å². The normalized spacial score (nSPS) is 14.8. The second-order valence-electron chi connectivity index (χ2n) is 8.21. The fraction of sp³-hybridized carbons (Fsp3) is 0.455. The first-order chi connectivity index (χ1) is 14.4. The predicted octanol–water partition coefficient (Wildman–Crippen LogP) is 4.36. The van der Waals surface area contributed by atoms with E-state index in [1.54, 1.807) is 6.20 Å². The van der Waals surface area contributed by atoms with Crippen LogP contribution in [0.25, 0.3) is 5.69 Å². The van der Waals surface area contributed by atoms with E-state index >= 15 is 0 Å². The Morgan fingerprint density at radius 1 is 1.33 bits per heavy atom. The number of hydrogen-bond donors (Lipinski definition) is 1. The first-order valence-electron chi connectivity index (χ1n) is 10.3. The fourth-order valence-corrected chi connectivity index (χ4v) is 4.08. The van der Waals surface area contributed by atoms with Crippen molar-refractivity contribution >= 4 is 17.7 Å². The number of aryl methyl sites for hydroxylation is 2. The Labute approximate surface area is 180 Å². The van der Waals surface area contributed by atoms with Crippen molar-refractivity contribution in [1.29, 1.82) is 0 Å². The van der Waals surface area contributed by atoms with Crippen LogP contribution in [0.2, 0.25) is 0 Å². The highest BCUT2D eigenvalue weighted by Gasteiger charge is 2.31. The van der Waals surface area contributed by atoms with Crippen molar-refractivity contribution in [2.45, 2.75) is 57.7 Å². The smallest absolute Gasteiger partial charge is 0.249 e. The molecule has 0 radical (unpaired) electrons. The van der Waals surface area contributed by atoms with E-state index in [4.69, 9.17) is 4.52 Å². The Morgan fingerprint density at radius 2 is 2.13 bits per heavy atom. The van der Waals surface area contributed by atoms with Crippen LogP contribution in [-0.2, 0) is 4.79 Å². The zero-order valence-electron chi connectivity index (χ0n) is 17.8. The summed E-state index contributed by atoms with van der Waals surface area (Å²) in [4.78, 5) is 21.6. The highest BCUT2D eigenvalue weighted by molar-refractivity contribution is 7.99. The number of rotatable bonds is 8. The van der Waals surface area contributed by atoms with E-state index in [9.17, 15) is 4.79 Å². The van der Waals surface area contributed by atoms with Crippen molar-refractivity contribution in [2.24, 2.45) is 5.92 Å². The molecule has 0 aliphatic heterocycles. The molecule has 30 heavy (non-hydrogen) atoms. The summed E-state index contributed by atoms with van der Waals surface area (Å²) in [6, 6.07) is 6.02. The molecule has 1 aliphatic carbocycles. The molecular formula is C22H27N5O2S. The van der Waals surface area contributed by atoms with Crippen LogP contribution >= 0.6 is 11.8 Å². The van der Waals surface area contributed by atoms with Gasteiger partial charge in [-0.2, -0.15) is 4.98 Å². The van der Waals surface area contributed by atoms with Crippen molar-refractivity contribution in [2.75, 3.05) is 5.75 Å². The fourth-order valence-electron chi connectivity index (χ4n) is 3.30. The Bertz CT molecular complexity index is 1040. The van der Waals surface area contributed by atoms with Crippen LogP contribution < -0.4 is 5.32 Å². The standard InChI is InChI=1S/C22H27N5O2S/c1-13(2)19(21-25-20(26-29-21)16-7-8-16)24-18(28)12-30-22-23-9-10-27(22)17-11-14(3)5-6-15(17)4/h5-6,9-11,13,16,19H,7-8,12H2,1-4H3,(H,24,28). The molecule has 8 heteroatoms. The van der Waals surface area contributed by atoms with Crippen molar-refractivity contribution < 1.29 is 9.32 Å². The van der Waals surface area contributed by atoms with Gasteiger partial charge in [-0.1, -0.05) is 42.9 Å². The summed E-state index contributed by atoms with van der Waals surface area (Å²) in [6.07, 6.45) is 5.91. The van der Waals surface area contributed by atoms with E-state index in [0.29, 0.717) is 11.8 Å². The van der Waals surface area contributed by atoms with Crippen LogP contribution in [-0.4, -0.2) is 31.4 Å². The summed E-state index contributed by atoms with van der Waals surface area (Å²) in [5.74, 6) is 1.99. The molecule has 0 saturated heterocycles. The molecule has 2 heterocycles. The maximum atomic E-state index is 12.7. The number of nitrogens with one attached hydrogen (secondary N) is 1. The van der Waals surface area contributed by atoms with Gasteiger partial charge in [0, 0.05) is 18.3 Å². The maximum absolute atomic E-state index is 12.7. The molecule has 1 atom stereocenters. The summed E-state index contributed by atoms with van der Waals surface area (Å²) in [5.41, 5.74) is 3.42. The number of carbonyl (C=O) groups is 1. The van der Waals surface area contributed by atoms with Crippen LogP contribution in [0.3, 0.4) is 0 Å². The summed E-state index contributed by atoms with van der Waals surface area (Å²) in [6.45, 7) is 8.21. The molecule has 1 N–H and O–H groups in total. The SMILES string of the molecule is Cc1ccc(C)c(-n2ccnc2SCC(=O)NC(c2nc(C3CC3)no2)C(C)C)c1. The Hall–Kier alpha value is -2.61. The highest BCUT2D eigenvalue weighted by atomic mass is 32.2. The minimum atomic E-state index is -0.295. The van der Waals surface area contributed by atoms with Gasteiger partial charge in [-0.25, -0.2) is 4.98 Å². The van der Waals surface area contributed by atoms with Crippen LogP contribution in [0, 0.1) is 19.8 Å². The highest BCUT2D eigenvalue weighted by Crippen LogP contribution is 2.38. The number of amides is 1. The number of thioether (sulfide) groups is 1. The third-order valence-electron chi connectivity index (χ3n) is 5.21. The average Bonchev–Trinajstić information content (AvgIpc) is 3.26. The van der Waals surface area contributed by atoms with Gasteiger partial charge < -0.3 is 9.84 Å². The number of carbonyl (C=O) groups excluding carboxylic acids is 1. The van der Waals surface area contributed by atoms with E-state index in [1.165, 1.54) is 17.3 Å². The second-order valence-corrected chi connectivity index (χ2v) is 9.16. The summed E-state index contributed by atoms with van der Waals surface area (Å²) in [5, 5.41) is 7.92. The molecule has 7 nitrogen and oxygen atoms in total. The molecular weight excluding hydrogens is 398 g/mol. The number of hydrogen-bond acceptors (Lipinski definition) is 6. The zero-order valence-corrected chi connectivity index (χ0v) is 18.6. The molecule has 2 aromatic heterocycles. The number of aromatic nitrogens is 4. The number of benzene rings is 1. The van der Waals surface area contributed by atoms with Gasteiger partial charge >= 0.3 is 0 Å². The third kappa shape index (κ3) is 4.59. The first kappa shape index (κ1) is 20.7. The molecule has 1 unspecified atom stereocenters. The maximum Gasteiger partial charge on any atom is 0.249 e. The lowest BCUT2D eigenvalue weighted by molar-refractivity contribution is -0.119. The van der Waals surface area contributed by atoms with Crippen molar-refractivity contribution in [1.82, 2.24) is 25.0 Å². The number of nitrogens with zero attached hydrogens (tertiary/aromatic N) is 4. The van der Waals surface area contributed by atoms with E-state index in [0.717, 1.165) is 35.1 Å². The molecule has 1 aromatic carbocycles. The Kier molecular flexibility index (Phi) is 5.94. The van der Waals surface area contributed by atoms with Gasteiger partial charge in [0.15, 0.2) is 11.0 Å². The minimum Gasteiger partial charge on any atom is -0.343 e. The minimum absolute atomic E-state index is 0.0830. The van der Waals surface area contributed by atoms with Gasteiger partial charge in [0.25, 0.3) is 0 Å². The van der Waals surface area contributed by atoms with E-state index in [1.807, 2.05) is 24.6 Å². The van der Waals surface area contributed by atoms with Crippen molar-refractivity contribution in [3.8, 4) is 5.69 Å². The second kappa shape index (κ2) is 8.63. The molecule has 0 bridgehead atoms. The van der Waals surface area contributed by atoms with Gasteiger partial charge in [-0.15, -0.1) is 0 Å². The lowest BCUT2D eigenvalue weighted by Crippen LogP contribution is -2.33. The lowest BCUT2D eigenvalue weighted by Gasteiger charge is -2.18. The van der Waals surface area contributed by atoms with E-state index < -0.39 is 0 Å². The monoisotopic (exact) mass is 425 g/mol. The average molecular weight is 426 g/mol. The molecule has 1 aliphatic rings. The molecule has 3 aromatic rings. The topological polar surface area (TPSA) is 85.8 Å². The van der Waals surface area contributed by atoms with Gasteiger partial charge in [-0.05, 0) is 49.8 Å². The van der Waals surface area contributed by atoms with Gasteiger partial charge in [0.1, 0.15) is 6.04 Å². The summed E-state index contributed by atoms with van der Waals surface area (Å²) in [7, 11) is 0. The summed E-state index contributed by atoms with van der Waals surface area (Å²) < 4.78 is 7.47. The molecule has 1 amide bonds. The lowest BCUT2D eigenvalue weighted by atomic mass is 10.0. The zero-order chi connectivity index (χ0) is 21.3. The van der Waals surface area contributed by atoms with Crippen LogP contribution in [0.1, 0.15) is 61.5 Å². The largest absolute Gasteiger partial charge is 0.343 e. The van der Waals surface area contributed by atoms with Gasteiger partial charge in [0.2, 0.25) is 11.8 Å². The van der Waals surface area contributed by atoms with Crippen LogP contribution in [0.4, 0.5) is 0 Å². The quantitative estimate of drug-likeness (QED) is 0.540.